The van der Waals surface area contributed by atoms with Crippen LogP contribution in [-0.4, -0.2) is 0 Å². The molecule has 0 saturated carbocycles. The molecule has 0 saturated heterocycles. The molecule has 0 rings (SSSR count). The molecular weight excluding hydrogens is 952 g/mol. The molecule has 17 heteroatoms. The van der Waals surface area contributed by atoms with Gasteiger partial charge in [-0.3, -0.25) is 0 Å². The summed E-state index contributed by atoms with van der Waals surface area (Å²) in [6.07, 6.45) is 0. The van der Waals surface area contributed by atoms with Crippen molar-refractivity contribution in [3.8, 4) is 0 Å². The predicted octanol–water partition coefficient (Wildman–Crippen LogP) is -0.108. The van der Waals surface area contributed by atoms with Crippen molar-refractivity contribution in [1.29, 1.82) is 0 Å². The second-order valence-corrected chi connectivity index (χ2v) is 0. The van der Waals surface area contributed by atoms with E-state index in [-0.39, 0.29) is 209 Å². The number of rotatable bonds is 0. The third kappa shape index (κ3) is 235. The van der Waals surface area contributed by atoms with E-state index in [9.17, 15) is 0 Å². The van der Waals surface area contributed by atoms with Crippen LogP contribution in [-0.2, 0) is 264 Å². The molecule has 0 aliphatic rings. The molecular formula is C2H13Mo6S11-9. The molecule has 0 radical (unpaired) electrons. The monoisotopic (exact) mass is 976 g/mol. The van der Waals surface area contributed by atoms with Crippen molar-refractivity contribution >= 4 is 137 Å². The first-order valence-electron chi connectivity index (χ1n) is 0.500. The van der Waals surface area contributed by atoms with Gasteiger partial charge in [0.05, 0.1) is 0 Å². The quantitative estimate of drug-likeness (QED) is 0.139. The van der Waals surface area contributed by atoms with E-state index in [4.69, 9.17) is 0 Å². The first kappa shape index (κ1) is 151. The maximum absolute atomic E-state index is 3.67. The van der Waals surface area contributed by atoms with E-state index in [2.05, 4.69) is 70.0 Å². The second kappa shape index (κ2) is 255. The fourth-order valence-electron chi connectivity index (χ4n) is 0. The van der Waals surface area contributed by atoms with E-state index in [1.165, 1.54) is 0 Å². The van der Waals surface area contributed by atoms with E-state index < -0.39 is 0 Å². The number of hydrogen-bond acceptors (Lipinski definition) is 11. The molecule has 0 spiro atoms. The van der Waals surface area contributed by atoms with Gasteiger partial charge in [0, 0.05) is 105 Å². The van der Waals surface area contributed by atoms with Crippen LogP contribution in [0.15, 0.2) is 0 Å². The zero-order chi connectivity index (χ0) is 6.00. The van der Waals surface area contributed by atoms with Crippen molar-refractivity contribution in [2.24, 2.45) is 0 Å². The summed E-state index contributed by atoms with van der Waals surface area (Å²) in [7, 11) is 0. The molecule has 0 aromatic rings. The standard InChI is InChI=1S/2CH4.6Mo.3S2.5H2S/c;;;;;;;;3*1-2;;;;;/h2*1H4;;;;;;;;;;5*1H2/q;;;;;;;+2;3*-2;;;;;/p-5. The molecule has 0 unspecified atom stereocenters. The van der Waals surface area contributed by atoms with Gasteiger partial charge in [-0.25, -0.2) is 0 Å². The van der Waals surface area contributed by atoms with Crippen molar-refractivity contribution in [3.63, 3.8) is 0 Å². The molecule has 0 aliphatic heterocycles. The average Bonchev–Trinajstić information content (AvgIpc) is 1.81. The van der Waals surface area contributed by atoms with Gasteiger partial charge in [0.25, 0.3) is 0 Å². The minimum absolute atomic E-state index is 0. The third-order valence-corrected chi connectivity index (χ3v) is 0. The summed E-state index contributed by atoms with van der Waals surface area (Å²) in [5.74, 6) is 0. The predicted molar refractivity (Wildman–Crippen MR) is 101 cm³/mol. The maximum atomic E-state index is 3.67. The molecule has 0 fully saturated rings. The van der Waals surface area contributed by atoms with Crippen LogP contribution in [0, 0.1) is 0 Å². The Morgan fingerprint density at radius 1 is 0.316 bits per heavy atom. The normalized spacial score (nSPS) is 0.947. The third-order valence-electron chi connectivity index (χ3n) is 0. The van der Waals surface area contributed by atoms with Gasteiger partial charge in [0.1, 0.15) is 0 Å². The molecule has 0 bridgehead atoms. The minimum Gasteiger partial charge on any atom is -1.00 e. The van der Waals surface area contributed by atoms with E-state index in [1.807, 2.05) is 0 Å². The molecule has 0 aromatic heterocycles. The first-order valence-corrected chi connectivity index (χ1v) is 4.50. The van der Waals surface area contributed by atoms with Crippen LogP contribution >= 0.6 is 0 Å². The Hall–Kier alpha value is 7.98. The Balaban J connectivity index is -0.000000000378. The summed E-state index contributed by atoms with van der Waals surface area (Å²) in [6, 6.07) is 0. The summed E-state index contributed by atoms with van der Waals surface area (Å²) in [4.78, 5) is 0. The average molecular weight is 966 g/mol. The van der Waals surface area contributed by atoms with E-state index in [0.29, 0.717) is 0 Å². The van der Waals surface area contributed by atoms with Crippen LogP contribution in [0.4, 0.5) is 0 Å². The zero-order valence-electron chi connectivity index (χ0n) is 7.14. The second-order valence-electron chi connectivity index (χ2n) is 0. The molecule has 0 amide bonds. The summed E-state index contributed by atoms with van der Waals surface area (Å²) in [5.41, 5.74) is 0. The largest absolute Gasteiger partial charge is 2.00 e. The molecule has 132 valence electrons. The van der Waals surface area contributed by atoms with Gasteiger partial charge in [-0.1, -0.05) is 14.9 Å². The molecule has 0 N–H and O–H groups in total. The topological polar surface area (TPSA) is 0 Å². The fraction of sp³-hybridized carbons (Fsp3) is 1.00. The minimum atomic E-state index is 0. The van der Waals surface area contributed by atoms with Crippen molar-refractivity contribution < 1.29 is 126 Å². The van der Waals surface area contributed by atoms with Crippen LogP contribution in [0.3, 0.4) is 0 Å². The SMILES string of the molecule is C.C.[Mo+2].[Mo].[Mo].[Mo].[Mo].[Mo].[S-][S-].[S-][S-].[S-][S-].[SH-].[SH-].[SH-].[SH-].[SH-]. The Labute approximate surface area is 273 Å². The van der Waals surface area contributed by atoms with Crippen molar-refractivity contribution in [3.05, 3.63) is 0 Å². The molecule has 0 atom stereocenters. The number of hydrogen-bond donors (Lipinski definition) is 0. The van der Waals surface area contributed by atoms with E-state index >= 15 is 0 Å². The Bertz CT molecular complexity index is 25.1. The molecule has 0 nitrogen and oxygen atoms in total. The Morgan fingerprint density at radius 2 is 0.316 bits per heavy atom. The van der Waals surface area contributed by atoms with E-state index in [0.717, 1.165) is 0 Å². The van der Waals surface area contributed by atoms with Gasteiger partial charge < -0.3 is 137 Å². The molecule has 19 heavy (non-hydrogen) atoms. The van der Waals surface area contributed by atoms with Gasteiger partial charge in [-0.05, 0) is 0 Å². The summed E-state index contributed by atoms with van der Waals surface area (Å²) in [5, 5.41) is 0. The zero-order valence-corrected chi connectivity index (χ0v) is 28.5. The summed E-state index contributed by atoms with van der Waals surface area (Å²) in [6.45, 7) is 0. The smallest absolute Gasteiger partial charge is 1.00 e. The molecule has 0 heterocycles. The van der Waals surface area contributed by atoms with Gasteiger partial charge in [-0.15, -0.1) is 0 Å². The summed E-state index contributed by atoms with van der Waals surface area (Å²) >= 11 is 22.0. The van der Waals surface area contributed by atoms with Crippen molar-refractivity contribution in [2.75, 3.05) is 0 Å². The Kier molecular flexibility index (Phi) is 2020. The molecule has 0 aliphatic carbocycles. The van der Waals surface area contributed by atoms with E-state index in [1.54, 1.807) is 0 Å². The van der Waals surface area contributed by atoms with Crippen LogP contribution < -0.4 is 0 Å². The fourth-order valence-corrected chi connectivity index (χ4v) is 0. The van der Waals surface area contributed by atoms with Crippen molar-refractivity contribution in [2.45, 2.75) is 14.9 Å². The molecule has 0 aromatic carbocycles. The number of thiol groups is 5. The summed E-state index contributed by atoms with van der Waals surface area (Å²) < 4.78 is 0. The van der Waals surface area contributed by atoms with Gasteiger partial charge in [0.2, 0.25) is 0 Å². The van der Waals surface area contributed by atoms with Crippen LogP contribution in [0.2, 0.25) is 0 Å². The van der Waals surface area contributed by atoms with Gasteiger partial charge >= 0.3 is 21.1 Å². The van der Waals surface area contributed by atoms with Crippen LogP contribution in [0.1, 0.15) is 14.9 Å². The Morgan fingerprint density at radius 3 is 0.316 bits per heavy atom. The maximum Gasteiger partial charge on any atom is 2.00 e. The van der Waals surface area contributed by atoms with Crippen LogP contribution in [0.5, 0.6) is 0 Å². The first-order chi connectivity index (χ1) is 3.00. The van der Waals surface area contributed by atoms with Crippen LogP contribution in [0.25, 0.3) is 0 Å². The van der Waals surface area contributed by atoms with Gasteiger partial charge in [-0.2, -0.15) is 0 Å². The van der Waals surface area contributed by atoms with Gasteiger partial charge in [0.15, 0.2) is 0 Å². The van der Waals surface area contributed by atoms with Crippen molar-refractivity contribution in [1.82, 2.24) is 0 Å².